The van der Waals surface area contributed by atoms with Crippen LogP contribution < -0.4 is 10.5 Å². The molecule has 1 aromatic carbocycles. The van der Waals surface area contributed by atoms with E-state index in [-0.39, 0.29) is 18.2 Å². The molecule has 5 heteroatoms. The second kappa shape index (κ2) is 5.10. The van der Waals surface area contributed by atoms with Gasteiger partial charge in [0.25, 0.3) is 0 Å². The molecule has 1 heterocycles. The Bertz CT molecular complexity index is 573. The number of pyridine rings is 1. The Labute approximate surface area is 103 Å². The van der Waals surface area contributed by atoms with E-state index >= 15 is 0 Å². The topological polar surface area (TPSA) is 48.1 Å². The van der Waals surface area contributed by atoms with Crippen LogP contribution in [0.15, 0.2) is 30.3 Å². The van der Waals surface area contributed by atoms with Crippen molar-refractivity contribution in [1.82, 2.24) is 4.98 Å². The lowest BCUT2D eigenvalue weighted by atomic mass is 10.2. The van der Waals surface area contributed by atoms with Crippen LogP contribution in [0, 0.1) is 18.6 Å². The monoisotopic (exact) mass is 250 g/mol. The third-order valence-corrected chi connectivity index (χ3v) is 2.40. The first-order valence-corrected chi connectivity index (χ1v) is 5.39. The van der Waals surface area contributed by atoms with E-state index in [2.05, 4.69) is 4.98 Å². The number of nitrogens with two attached hydrogens (primary N) is 1. The molecule has 2 aromatic rings. The molecule has 0 aliphatic heterocycles. The van der Waals surface area contributed by atoms with E-state index in [1.807, 2.05) is 0 Å². The molecule has 3 nitrogen and oxygen atoms in total. The van der Waals surface area contributed by atoms with Crippen molar-refractivity contribution < 1.29 is 13.5 Å². The molecule has 0 saturated carbocycles. The molecule has 0 fully saturated rings. The Morgan fingerprint density at radius 1 is 1.22 bits per heavy atom. The summed E-state index contributed by atoms with van der Waals surface area (Å²) in [6.45, 7) is 2.01. The number of hydrogen-bond donors (Lipinski definition) is 1. The van der Waals surface area contributed by atoms with Gasteiger partial charge >= 0.3 is 0 Å². The van der Waals surface area contributed by atoms with E-state index in [0.717, 1.165) is 17.8 Å². The summed E-state index contributed by atoms with van der Waals surface area (Å²) in [5.41, 5.74) is 6.93. The van der Waals surface area contributed by atoms with E-state index in [4.69, 9.17) is 10.5 Å². The molecule has 0 spiro atoms. The van der Waals surface area contributed by atoms with Crippen LogP contribution in [0.1, 0.15) is 11.3 Å². The SMILES string of the molecule is Cc1ccc(CN)c(Oc2ccc(F)cc2F)n1. The summed E-state index contributed by atoms with van der Waals surface area (Å²) >= 11 is 0. The molecule has 0 saturated heterocycles. The van der Waals surface area contributed by atoms with Gasteiger partial charge in [0.2, 0.25) is 5.88 Å². The van der Waals surface area contributed by atoms with E-state index in [1.165, 1.54) is 6.07 Å². The molecule has 0 aliphatic carbocycles. The van der Waals surface area contributed by atoms with Crippen molar-refractivity contribution in [1.29, 1.82) is 0 Å². The van der Waals surface area contributed by atoms with Gasteiger partial charge in [-0.2, -0.15) is 0 Å². The number of ether oxygens (including phenoxy) is 1. The molecular weight excluding hydrogens is 238 g/mol. The van der Waals surface area contributed by atoms with Crippen LogP contribution in [0.25, 0.3) is 0 Å². The van der Waals surface area contributed by atoms with Crippen molar-refractivity contribution in [2.45, 2.75) is 13.5 Å². The highest BCUT2D eigenvalue weighted by atomic mass is 19.1. The maximum Gasteiger partial charge on any atom is 0.224 e. The Kier molecular flexibility index (Phi) is 3.53. The molecule has 0 aliphatic rings. The minimum atomic E-state index is -0.777. The van der Waals surface area contributed by atoms with Gasteiger partial charge in [0.15, 0.2) is 11.6 Å². The lowest BCUT2D eigenvalue weighted by molar-refractivity contribution is 0.418. The summed E-state index contributed by atoms with van der Waals surface area (Å²) in [4.78, 5) is 4.14. The van der Waals surface area contributed by atoms with E-state index in [1.54, 1.807) is 19.1 Å². The second-order valence-corrected chi connectivity index (χ2v) is 3.80. The number of hydrogen-bond acceptors (Lipinski definition) is 3. The summed E-state index contributed by atoms with van der Waals surface area (Å²) in [6.07, 6.45) is 0. The lowest BCUT2D eigenvalue weighted by Gasteiger charge is -2.10. The van der Waals surface area contributed by atoms with Gasteiger partial charge < -0.3 is 10.5 Å². The molecule has 0 bridgehead atoms. The maximum atomic E-state index is 13.4. The van der Waals surface area contributed by atoms with Gasteiger partial charge in [0.05, 0.1) is 0 Å². The van der Waals surface area contributed by atoms with Crippen molar-refractivity contribution >= 4 is 0 Å². The molecule has 18 heavy (non-hydrogen) atoms. The van der Waals surface area contributed by atoms with Gasteiger partial charge in [0.1, 0.15) is 5.82 Å². The predicted molar refractivity (Wildman–Crippen MR) is 63.3 cm³/mol. The smallest absolute Gasteiger partial charge is 0.224 e. The molecule has 2 rings (SSSR count). The second-order valence-electron chi connectivity index (χ2n) is 3.80. The minimum absolute atomic E-state index is 0.0794. The largest absolute Gasteiger partial charge is 0.436 e. The van der Waals surface area contributed by atoms with Crippen LogP contribution in [0.4, 0.5) is 8.78 Å². The highest BCUT2D eigenvalue weighted by molar-refractivity contribution is 5.34. The maximum absolute atomic E-state index is 13.4. The Morgan fingerprint density at radius 2 is 2.00 bits per heavy atom. The summed E-state index contributed by atoms with van der Waals surface area (Å²) in [7, 11) is 0. The zero-order valence-electron chi connectivity index (χ0n) is 9.78. The Hall–Kier alpha value is -2.01. The van der Waals surface area contributed by atoms with Crippen molar-refractivity contribution in [3.63, 3.8) is 0 Å². The number of benzene rings is 1. The fourth-order valence-corrected chi connectivity index (χ4v) is 1.47. The number of rotatable bonds is 3. The predicted octanol–water partition coefficient (Wildman–Crippen LogP) is 2.92. The number of aromatic nitrogens is 1. The first-order valence-electron chi connectivity index (χ1n) is 5.39. The summed E-state index contributed by atoms with van der Waals surface area (Å²) in [5.74, 6) is -1.27. The van der Waals surface area contributed by atoms with Crippen LogP contribution in [0.5, 0.6) is 11.6 Å². The van der Waals surface area contributed by atoms with E-state index in [9.17, 15) is 8.78 Å². The highest BCUT2D eigenvalue weighted by Gasteiger charge is 2.10. The van der Waals surface area contributed by atoms with Gasteiger partial charge in [-0.15, -0.1) is 0 Å². The molecular formula is C13H12F2N2O. The molecule has 94 valence electrons. The van der Waals surface area contributed by atoms with Gasteiger partial charge in [0, 0.05) is 23.9 Å². The summed E-state index contributed by atoms with van der Waals surface area (Å²) in [5, 5.41) is 0. The van der Waals surface area contributed by atoms with Crippen molar-refractivity contribution in [3.8, 4) is 11.6 Å². The summed E-state index contributed by atoms with van der Waals surface area (Å²) < 4.78 is 31.5. The molecule has 1 aromatic heterocycles. The fourth-order valence-electron chi connectivity index (χ4n) is 1.47. The van der Waals surface area contributed by atoms with Crippen LogP contribution in [0.3, 0.4) is 0 Å². The van der Waals surface area contributed by atoms with E-state index < -0.39 is 11.6 Å². The van der Waals surface area contributed by atoms with Crippen LogP contribution >= 0.6 is 0 Å². The van der Waals surface area contributed by atoms with Crippen molar-refractivity contribution in [2.24, 2.45) is 5.73 Å². The van der Waals surface area contributed by atoms with Crippen LogP contribution in [-0.4, -0.2) is 4.98 Å². The van der Waals surface area contributed by atoms with Gasteiger partial charge in [-0.1, -0.05) is 6.07 Å². The number of halogens is 2. The average molecular weight is 250 g/mol. The normalized spacial score (nSPS) is 10.4. The standard InChI is InChI=1S/C13H12F2N2O/c1-8-2-3-9(7-16)13(17-8)18-12-5-4-10(14)6-11(12)15/h2-6H,7,16H2,1H3. The Morgan fingerprint density at radius 3 is 2.67 bits per heavy atom. The zero-order valence-corrected chi connectivity index (χ0v) is 9.78. The third-order valence-electron chi connectivity index (χ3n) is 2.40. The van der Waals surface area contributed by atoms with Gasteiger partial charge in [-0.25, -0.2) is 13.8 Å². The molecule has 0 radical (unpaired) electrons. The van der Waals surface area contributed by atoms with Crippen LogP contribution in [-0.2, 0) is 6.54 Å². The highest BCUT2D eigenvalue weighted by Crippen LogP contribution is 2.26. The zero-order chi connectivity index (χ0) is 13.1. The first-order chi connectivity index (χ1) is 8.60. The molecule has 0 unspecified atom stereocenters. The van der Waals surface area contributed by atoms with Gasteiger partial charge in [-0.3, -0.25) is 0 Å². The first kappa shape index (κ1) is 12.4. The van der Waals surface area contributed by atoms with Gasteiger partial charge in [-0.05, 0) is 25.1 Å². The van der Waals surface area contributed by atoms with Crippen molar-refractivity contribution in [2.75, 3.05) is 0 Å². The fraction of sp³-hybridized carbons (Fsp3) is 0.154. The van der Waals surface area contributed by atoms with Crippen molar-refractivity contribution in [3.05, 3.63) is 53.2 Å². The minimum Gasteiger partial charge on any atom is -0.436 e. The Balaban J connectivity index is 2.36. The number of nitrogens with zero attached hydrogens (tertiary/aromatic N) is 1. The molecule has 2 N–H and O–H groups in total. The summed E-state index contributed by atoms with van der Waals surface area (Å²) in [6, 6.07) is 6.65. The number of aryl methyl sites for hydroxylation is 1. The molecule has 0 amide bonds. The van der Waals surface area contributed by atoms with Crippen LogP contribution in [0.2, 0.25) is 0 Å². The quantitative estimate of drug-likeness (QED) is 0.911. The van der Waals surface area contributed by atoms with E-state index in [0.29, 0.717) is 5.56 Å². The lowest BCUT2D eigenvalue weighted by Crippen LogP contribution is -2.02. The molecule has 0 atom stereocenters. The average Bonchev–Trinajstić information content (AvgIpc) is 2.33. The third kappa shape index (κ3) is 2.62.